The Bertz CT molecular complexity index is 559. The summed E-state index contributed by atoms with van der Waals surface area (Å²) in [6.07, 6.45) is 4.01. The zero-order valence-corrected chi connectivity index (χ0v) is 13.2. The third-order valence-corrected chi connectivity index (χ3v) is 6.41. The largest absolute Gasteiger partial charge is 0.325 e. The molecule has 0 bridgehead atoms. The molecule has 114 valence electrons. The fourth-order valence-corrected chi connectivity index (χ4v) is 4.65. The molecule has 0 atom stereocenters. The Hall–Kier alpha value is -0.920. The van der Waals surface area contributed by atoms with Crippen molar-refractivity contribution in [1.82, 2.24) is 14.5 Å². The zero-order chi connectivity index (χ0) is 14.9. The van der Waals surface area contributed by atoms with Gasteiger partial charge in [0.15, 0.2) is 0 Å². The molecule has 0 radical (unpaired) electrons. The molecule has 0 aromatic carbocycles. The average Bonchev–Trinajstić information content (AvgIpc) is 2.80. The van der Waals surface area contributed by atoms with Gasteiger partial charge >= 0.3 is 0 Å². The predicted octanol–water partition coefficient (Wildman–Crippen LogP) is 1.38. The molecule has 1 fully saturated rings. The first-order chi connectivity index (χ1) is 9.37. The molecule has 1 aromatic heterocycles. The minimum Gasteiger partial charge on any atom is -0.325 e. The summed E-state index contributed by atoms with van der Waals surface area (Å²) >= 11 is 0. The molecule has 1 aromatic rings. The summed E-state index contributed by atoms with van der Waals surface area (Å²) < 4.78 is 27.1. The van der Waals surface area contributed by atoms with Crippen molar-refractivity contribution in [3.63, 3.8) is 0 Å². The number of H-pyrrole nitrogens is 1. The van der Waals surface area contributed by atoms with Gasteiger partial charge in [0, 0.05) is 19.6 Å². The Labute approximate surface area is 120 Å². The van der Waals surface area contributed by atoms with Crippen molar-refractivity contribution in [3.8, 4) is 0 Å². The number of hydrogen-bond acceptors (Lipinski definition) is 4. The molecule has 20 heavy (non-hydrogen) atoms. The number of nitrogens with one attached hydrogen (secondary N) is 1. The molecule has 1 heterocycles. The van der Waals surface area contributed by atoms with Crippen LogP contribution in [0.3, 0.4) is 0 Å². The standard InChI is InChI=1S/C13H24N4O2S/c1-9-4-6-11(7-5-9)17(3)20(18,19)13-10(2)15-16-12(13)8-14/h9,11H,4-8,14H2,1-3H3,(H,15,16). The van der Waals surface area contributed by atoms with E-state index in [0.29, 0.717) is 17.3 Å². The minimum atomic E-state index is -3.53. The summed E-state index contributed by atoms with van der Waals surface area (Å²) in [7, 11) is -1.86. The molecule has 0 amide bonds. The lowest BCUT2D eigenvalue weighted by atomic mass is 9.87. The Balaban J connectivity index is 2.27. The lowest BCUT2D eigenvalue weighted by Crippen LogP contribution is -2.39. The van der Waals surface area contributed by atoms with Gasteiger partial charge < -0.3 is 5.73 Å². The van der Waals surface area contributed by atoms with Gasteiger partial charge in [-0.25, -0.2) is 8.42 Å². The van der Waals surface area contributed by atoms with E-state index in [1.807, 2.05) is 0 Å². The van der Waals surface area contributed by atoms with Crippen molar-refractivity contribution < 1.29 is 8.42 Å². The van der Waals surface area contributed by atoms with Crippen LogP contribution in [-0.2, 0) is 16.6 Å². The second-order valence-electron chi connectivity index (χ2n) is 5.76. The van der Waals surface area contributed by atoms with Crippen molar-refractivity contribution in [2.45, 2.75) is 57.0 Å². The summed E-state index contributed by atoms with van der Waals surface area (Å²) in [5, 5.41) is 6.71. The lowest BCUT2D eigenvalue weighted by molar-refractivity contribution is 0.246. The van der Waals surface area contributed by atoms with Crippen LogP contribution in [0.4, 0.5) is 0 Å². The molecule has 3 N–H and O–H groups in total. The molecule has 0 saturated heterocycles. The fourth-order valence-electron chi connectivity index (χ4n) is 2.90. The van der Waals surface area contributed by atoms with Crippen LogP contribution in [0.5, 0.6) is 0 Å². The van der Waals surface area contributed by atoms with E-state index in [4.69, 9.17) is 5.73 Å². The van der Waals surface area contributed by atoms with Crippen molar-refractivity contribution >= 4 is 10.0 Å². The molecule has 7 heteroatoms. The van der Waals surface area contributed by atoms with Crippen LogP contribution in [0.25, 0.3) is 0 Å². The van der Waals surface area contributed by atoms with Crippen LogP contribution in [0, 0.1) is 12.8 Å². The molecule has 6 nitrogen and oxygen atoms in total. The molecule has 0 spiro atoms. The van der Waals surface area contributed by atoms with Crippen molar-refractivity contribution in [1.29, 1.82) is 0 Å². The Morgan fingerprint density at radius 3 is 2.50 bits per heavy atom. The molecule has 1 aliphatic carbocycles. The van der Waals surface area contributed by atoms with E-state index in [2.05, 4.69) is 17.1 Å². The van der Waals surface area contributed by atoms with Crippen LogP contribution in [-0.4, -0.2) is 36.0 Å². The fraction of sp³-hybridized carbons (Fsp3) is 0.769. The normalized spacial score (nSPS) is 24.2. The van der Waals surface area contributed by atoms with Crippen LogP contribution in [0.2, 0.25) is 0 Å². The molecular formula is C13H24N4O2S. The number of nitrogens with zero attached hydrogens (tertiary/aromatic N) is 2. The third-order valence-electron chi connectivity index (χ3n) is 4.29. The third kappa shape index (κ3) is 2.75. The van der Waals surface area contributed by atoms with E-state index in [1.54, 1.807) is 14.0 Å². The number of sulfonamides is 1. The Kier molecular flexibility index (Phi) is 4.51. The second-order valence-corrected chi connectivity index (χ2v) is 7.70. The van der Waals surface area contributed by atoms with Crippen molar-refractivity contribution in [2.24, 2.45) is 11.7 Å². The van der Waals surface area contributed by atoms with Gasteiger partial charge in [0.25, 0.3) is 0 Å². The van der Waals surface area contributed by atoms with Gasteiger partial charge in [-0.3, -0.25) is 5.10 Å². The number of hydrogen-bond donors (Lipinski definition) is 2. The Morgan fingerprint density at radius 2 is 1.95 bits per heavy atom. The molecule has 2 rings (SSSR count). The number of aromatic nitrogens is 2. The number of nitrogens with two attached hydrogens (primary N) is 1. The van der Waals surface area contributed by atoms with Gasteiger partial charge in [-0.1, -0.05) is 6.92 Å². The quantitative estimate of drug-likeness (QED) is 0.878. The lowest BCUT2D eigenvalue weighted by Gasteiger charge is -2.32. The second kappa shape index (κ2) is 5.83. The maximum Gasteiger partial charge on any atom is 0.246 e. The van der Waals surface area contributed by atoms with E-state index in [-0.39, 0.29) is 17.5 Å². The highest BCUT2D eigenvalue weighted by Gasteiger charge is 2.33. The maximum atomic E-state index is 12.8. The van der Waals surface area contributed by atoms with Gasteiger partial charge in [-0.2, -0.15) is 9.40 Å². The van der Waals surface area contributed by atoms with Gasteiger partial charge in [0.05, 0.1) is 11.4 Å². The number of aromatic amines is 1. The topological polar surface area (TPSA) is 92.1 Å². The molecular weight excluding hydrogens is 276 g/mol. The number of rotatable bonds is 4. The molecule has 1 saturated carbocycles. The van der Waals surface area contributed by atoms with Gasteiger partial charge in [-0.15, -0.1) is 0 Å². The average molecular weight is 300 g/mol. The monoisotopic (exact) mass is 300 g/mol. The van der Waals surface area contributed by atoms with Crippen molar-refractivity contribution in [3.05, 3.63) is 11.4 Å². The molecule has 1 aliphatic rings. The highest BCUT2D eigenvalue weighted by atomic mass is 32.2. The van der Waals surface area contributed by atoms with E-state index in [1.165, 1.54) is 4.31 Å². The van der Waals surface area contributed by atoms with Crippen molar-refractivity contribution in [2.75, 3.05) is 7.05 Å². The predicted molar refractivity (Wildman–Crippen MR) is 77.6 cm³/mol. The summed E-state index contributed by atoms with van der Waals surface area (Å²) in [5.74, 6) is 0.692. The first-order valence-electron chi connectivity index (χ1n) is 7.09. The van der Waals surface area contributed by atoms with E-state index in [0.717, 1.165) is 25.7 Å². The summed E-state index contributed by atoms with van der Waals surface area (Å²) in [6, 6.07) is 0.0797. The summed E-state index contributed by atoms with van der Waals surface area (Å²) in [6.45, 7) is 4.06. The van der Waals surface area contributed by atoms with E-state index < -0.39 is 10.0 Å². The molecule has 0 unspecified atom stereocenters. The first kappa shape index (κ1) is 15.5. The minimum absolute atomic E-state index is 0.0797. The van der Waals surface area contributed by atoms with E-state index >= 15 is 0 Å². The maximum absolute atomic E-state index is 12.8. The van der Waals surface area contributed by atoms with E-state index in [9.17, 15) is 8.42 Å². The first-order valence-corrected chi connectivity index (χ1v) is 8.53. The summed E-state index contributed by atoms with van der Waals surface area (Å²) in [5.41, 5.74) is 6.56. The summed E-state index contributed by atoms with van der Waals surface area (Å²) in [4.78, 5) is 0.251. The molecule has 0 aliphatic heterocycles. The zero-order valence-electron chi connectivity index (χ0n) is 12.4. The van der Waals surface area contributed by atoms with Crippen LogP contribution < -0.4 is 5.73 Å². The van der Waals surface area contributed by atoms with Gasteiger partial charge in [0.2, 0.25) is 10.0 Å². The van der Waals surface area contributed by atoms with Crippen LogP contribution in [0.15, 0.2) is 4.90 Å². The number of aryl methyl sites for hydroxylation is 1. The van der Waals surface area contributed by atoms with Gasteiger partial charge in [-0.05, 0) is 38.5 Å². The highest BCUT2D eigenvalue weighted by Crippen LogP contribution is 2.30. The Morgan fingerprint density at radius 1 is 1.35 bits per heavy atom. The van der Waals surface area contributed by atoms with Gasteiger partial charge in [0.1, 0.15) is 4.90 Å². The highest BCUT2D eigenvalue weighted by molar-refractivity contribution is 7.89. The SMILES string of the molecule is Cc1[nH]nc(CN)c1S(=O)(=O)N(C)C1CCC(C)CC1. The van der Waals surface area contributed by atoms with Crippen LogP contribution in [0.1, 0.15) is 44.0 Å². The smallest absolute Gasteiger partial charge is 0.246 e. The van der Waals surface area contributed by atoms with Crippen LogP contribution >= 0.6 is 0 Å².